The number of nitrogens with one attached hydrogen (secondary N) is 1. The molecule has 1 aliphatic carbocycles. The van der Waals surface area contributed by atoms with Gasteiger partial charge in [0.15, 0.2) is 17.0 Å². The minimum Gasteiger partial charge on any atom is -0.382 e. The minimum atomic E-state index is -3.40. The number of hydrogen-bond acceptors (Lipinski definition) is 6. The zero-order valence-electron chi connectivity index (χ0n) is 16.0. The van der Waals surface area contributed by atoms with Crippen molar-refractivity contribution in [1.29, 1.82) is 0 Å². The number of fused-ring (bicyclic) bond motifs is 2. The molecule has 1 aliphatic rings. The van der Waals surface area contributed by atoms with Crippen molar-refractivity contribution < 1.29 is 17.2 Å². The Morgan fingerprint density at radius 2 is 2.10 bits per heavy atom. The molecule has 8 nitrogen and oxygen atoms in total. The van der Waals surface area contributed by atoms with Crippen molar-refractivity contribution in [3.63, 3.8) is 0 Å². The van der Waals surface area contributed by atoms with Crippen molar-refractivity contribution in [2.24, 2.45) is 0 Å². The first-order valence-electron chi connectivity index (χ1n) is 9.20. The molecule has 2 aromatic heterocycles. The van der Waals surface area contributed by atoms with Crippen LogP contribution in [0.1, 0.15) is 35.1 Å². The summed E-state index contributed by atoms with van der Waals surface area (Å²) in [6, 6.07) is 3.83. The third-order valence-electron chi connectivity index (χ3n) is 5.03. The maximum Gasteiger partial charge on any atom is 0.312 e. The topological polar surface area (TPSA) is 116 Å². The second kappa shape index (κ2) is 7.96. The van der Waals surface area contributed by atoms with E-state index in [1.165, 1.54) is 0 Å². The van der Waals surface area contributed by atoms with Crippen molar-refractivity contribution in [1.82, 2.24) is 24.2 Å². The number of anilines is 1. The fraction of sp³-hybridized carbons (Fsp3) is 0.389. The van der Waals surface area contributed by atoms with Crippen molar-refractivity contribution in [3.8, 4) is 0 Å². The molecular formula is C18H19F2IN6O2S. The van der Waals surface area contributed by atoms with Gasteiger partial charge < -0.3 is 10.3 Å². The molecule has 0 saturated heterocycles. The highest BCUT2D eigenvalue weighted by molar-refractivity contribution is 14.1. The maximum atomic E-state index is 14.2. The molecule has 0 spiro atoms. The lowest BCUT2D eigenvalue weighted by Crippen LogP contribution is -2.26. The Hall–Kier alpha value is -1.93. The summed E-state index contributed by atoms with van der Waals surface area (Å²) in [5.74, 6) is 0.416. The quantitative estimate of drug-likeness (QED) is 0.361. The first-order chi connectivity index (χ1) is 14.1. The van der Waals surface area contributed by atoms with Crippen LogP contribution in [0.4, 0.5) is 14.6 Å². The van der Waals surface area contributed by atoms with Crippen molar-refractivity contribution in [3.05, 3.63) is 44.3 Å². The van der Waals surface area contributed by atoms with Crippen molar-refractivity contribution in [2.75, 3.05) is 18.5 Å². The number of nitrogen functional groups attached to an aromatic ring is 1. The van der Waals surface area contributed by atoms with E-state index in [2.05, 4.69) is 42.3 Å². The molecule has 30 heavy (non-hydrogen) atoms. The van der Waals surface area contributed by atoms with E-state index in [0.29, 0.717) is 30.7 Å². The van der Waals surface area contributed by atoms with E-state index in [1.807, 2.05) is 12.1 Å². The first-order valence-corrected chi connectivity index (χ1v) is 12.2. The molecule has 3 aromatic rings. The second-order valence-electron chi connectivity index (χ2n) is 7.22. The molecule has 0 bridgehead atoms. The lowest BCUT2D eigenvalue weighted by molar-refractivity contribution is 0.343. The highest BCUT2D eigenvalue weighted by atomic mass is 127. The summed E-state index contributed by atoms with van der Waals surface area (Å²) in [6.45, 7) is 0.235. The molecule has 3 N–H and O–H groups in total. The van der Waals surface area contributed by atoms with Crippen molar-refractivity contribution in [2.45, 2.75) is 32.0 Å². The van der Waals surface area contributed by atoms with Gasteiger partial charge in [-0.05, 0) is 58.2 Å². The molecule has 1 atom stereocenters. The van der Waals surface area contributed by atoms with Crippen LogP contribution < -0.4 is 10.5 Å². The number of alkyl halides is 1. The van der Waals surface area contributed by atoms with Crippen LogP contribution in [-0.4, -0.2) is 40.7 Å². The fourth-order valence-electron chi connectivity index (χ4n) is 3.68. The predicted molar refractivity (Wildman–Crippen MR) is 117 cm³/mol. The summed E-state index contributed by atoms with van der Waals surface area (Å²) in [5.41, 5.74) is 8.83. The predicted octanol–water partition coefficient (Wildman–Crippen LogP) is 2.25. The van der Waals surface area contributed by atoms with Crippen LogP contribution in [0.25, 0.3) is 11.2 Å². The number of rotatable bonds is 6. The SMILES string of the molecule is CS(=O)(=O)NCCn1c(Cc2cc3c(cc2I)CCC3F)nc2c(N)nc(F)nc21. The molecule has 0 amide bonds. The molecule has 160 valence electrons. The molecule has 1 aromatic carbocycles. The average molecular weight is 548 g/mol. The van der Waals surface area contributed by atoms with Gasteiger partial charge in [-0.15, -0.1) is 0 Å². The fourth-order valence-corrected chi connectivity index (χ4v) is 4.87. The van der Waals surface area contributed by atoms with Crippen molar-refractivity contribution >= 4 is 49.6 Å². The maximum absolute atomic E-state index is 14.2. The minimum absolute atomic E-state index is 0.0661. The van der Waals surface area contributed by atoms with E-state index in [0.717, 1.165) is 21.0 Å². The zero-order valence-corrected chi connectivity index (χ0v) is 19.0. The largest absolute Gasteiger partial charge is 0.382 e. The number of sulfonamides is 1. The Morgan fingerprint density at radius 1 is 1.33 bits per heavy atom. The van der Waals surface area contributed by atoms with Crippen LogP contribution in [0.3, 0.4) is 0 Å². The second-order valence-corrected chi connectivity index (χ2v) is 10.2. The summed E-state index contributed by atoms with van der Waals surface area (Å²) >= 11 is 2.21. The van der Waals surface area contributed by atoms with Gasteiger partial charge in [0, 0.05) is 23.1 Å². The number of nitrogens with zero attached hydrogens (tertiary/aromatic N) is 4. The Kier molecular flexibility index (Phi) is 5.66. The smallest absolute Gasteiger partial charge is 0.312 e. The van der Waals surface area contributed by atoms with Gasteiger partial charge >= 0.3 is 6.08 Å². The highest BCUT2D eigenvalue weighted by Gasteiger charge is 2.24. The number of imidazole rings is 1. The Morgan fingerprint density at radius 3 is 2.83 bits per heavy atom. The summed E-state index contributed by atoms with van der Waals surface area (Å²) in [5, 5.41) is 0. The summed E-state index contributed by atoms with van der Waals surface area (Å²) in [4.78, 5) is 11.8. The van der Waals surface area contributed by atoms with Gasteiger partial charge in [0.25, 0.3) is 0 Å². The molecule has 12 heteroatoms. The van der Waals surface area contributed by atoms with E-state index in [9.17, 15) is 17.2 Å². The molecule has 2 heterocycles. The van der Waals surface area contributed by atoms with Gasteiger partial charge in [-0.2, -0.15) is 14.4 Å². The number of aryl methyl sites for hydroxylation is 1. The van der Waals surface area contributed by atoms with E-state index < -0.39 is 22.3 Å². The van der Waals surface area contributed by atoms with Gasteiger partial charge in [-0.25, -0.2) is 22.5 Å². The van der Waals surface area contributed by atoms with Gasteiger partial charge in [0.2, 0.25) is 10.0 Å². The van der Waals surface area contributed by atoms with Crippen LogP contribution in [-0.2, 0) is 29.4 Å². The lowest BCUT2D eigenvalue weighted by Gasteiger charge is -2.12. The van der Waals surface area contributed by atoms with Crippen LogP contribution in [0, 0.1) is 9.65 Å². The first kappa shape index (κ1) is 21.3. The lowest BCUT2D eigenvalue weighted by atomic mass is 10.0. The molecular weight excluding hydrogens is 529 g/mol. The number of nitrogens with two attached hydrogens (primary N) is 1. The Bertz CT molecular complexity index is 1250. The van der Waals surface area contributed by atoms with Gasteiger partial charge in [0.1, 0.15) is 12.0 Å². The summed E-state index contributed by atoms with van der Waals surface area (Å²) < 4.78 is 55.8. The Labute approximate surface area is 185 Å². The average Bonchev–Trinajstić information content (AvgIpc) is 3.16. The molecule has 0 fully saturated rings. The van der Waals surface area contributed by atoms with Crippen LogP contribution in [0.2, 0.25) is 0 Å². The molecule has 4 rings (SSSR count). The monoisotopic (exact) mass is 548 g/mol. The summed E-state index contributed by atoms with van der Waals surface area (Å²) in [7, 11) is -3.40. The van der Waals surface area contributed by atoms with Crippen LogP contribution >= 0.6 is 22.6 Å². The number of benzene rings is 1. The summed E-state index contributed by atoms with van der Waals surface area (Å²) in [6.07, 6.45) is 0.610. The highest BCUT2D eigenvalue weighted by Crippen LogP contribution is 2.36. The molecule has 0 saturated carbocycles. The Balaban J connectivity index is 1.75. The van der Waals surface area contributed by atoms with Crippen LogP contribution in [0.5, 0.6) is 0 Å². The molecule has 1 unspecified atom stereocenters. The van der Waals surface area contributed by atoms with E-state index in [4.69, 9.17) is 5.73 Å². The third kappa shape index (κ3) is 4.25. The normalized spacial score (nSPS) is 16.3. The third-order valence-corrected chi connectivity index (χ3v) is 6.77. The van der Waals surface area contributed by atoms with Gasteiger partial charge in [-0.3, -0.25) is 0 Å². The number of hydrogen-bond donors (Lipinski definition) is 2. The zero-order chi connectivity index (χ0) is 21.6. The van der Waals surface area contributed by atoms with E-state index >= 15 is 0 Å². The standard InChI is InChI=1S/C18H19F2IN6O2S/c1-30(28,29)23-4-5-27-14(24-15-16(22)25-18(20)26-17(15)27)8-10-6-11-9(7-13(10)21)2-3-12(11)19/h6-7,12,23H,2-5,8H2,1H3,(H2,22,25,26). The van der Waals surface area contributed by atoms with E-state index in [1.54, 1.807) is 4.57 Å². The van der Waals surface area contributed by atoms with Gasteiger partial charge in [-0.1, -0.05) is 6.07 Å². The van der Waals surface area contributed by atoms with Crippen LogP contribution in [0.15, 0.2) is 12.1 Å². The number of aromatic nitrogens is 4. The molecule has 0 radical (unpaired) electrons. The number of halogens is 3. The molecule has 0 aliphatic heterocycles. The van der Waals surface area contributed by atoms with Gasteiger partial charge in [0.05, 0.1) is 6.26 Å². The van der Waals surface area contributed by atoms with E-state index in [-0.39, 0.29) is 30.1 Å².